The Morgan fingerprint density at radius 2 is 1.50 bits per heavy atom. The Labute approximate surface area is 229 Å². The Morgan fingerprint density at radius 3 is 2.05 bits per heavy atom. The second-order valence-electron chi connectivity index (χ2n) is 11.8. The smallest absolute Gasteiger partial charge is 0.410 e. The van der Waals surface area contributed by atoms with Gasteiger partial charge in [0, 0.05) is 37.2 Å². The van der Waals surface area contributed by atoms with Gasteiger partial charge in [-0.1, -0.05) is 29.3 Å². The summed E-state index contributed by atoms with van der Waals surface area (Å²) in [5.74, 6) is -5.23. The van der Waals surface area contributed by atoms with E-state index in [1.165, 1.54) is 15.9 Å². The van der Waals surface area contributed by atoms with Crippen molar-refractivity contribution in [1.82, 2.24) is 20.0 Å². The summed E-state index contributed by atoms with van der Waals surface area (Å²) >= 11 is 11.8. The van der Waals surface area contributed by atoms with Crippen LogP contribution in [0.25, 0.3) is 0 Å². The number of hydrogen-bond acceptors (Lipinski definition) is 7. The standard InChI is InChI=1S/C25H30Cl2F2N4O5/c1-22(2,3)37-20(34)32-10-15(24(11-32)12-33(13-24)21(35)38-23(4,5)6)18-30-31-19(36-18)25(28,29)14-7-8-16(26)17(27)9-14/h7-9,15H,10-13H2,1-6H3. The van der Waals surface area contributed by atoms with Crippen molar-refractivity contribution in [2.45, 2.75) is 64.6 Å². The number of rotatable bonds is 3. The molecule has 1 unspecified atom stereocenters. The van der Waals surface area contributed by atoms with Gasteiger partial charge in [-0.2, -0.15) is 8.78 Å². The van der Waals surface area contributed by atoms with E-state index in [0.717, 1.165) is 12.1 Å². The molecular formula is C25H30Cl2F2N4O5. The van der Waals surface area contributed by atoms with Gasteiger partial charge in [0.05, 0.1) is 16.0 Å². The topological polar surface area (TPSA) is 98.0 Å². The van der Waals surface area contributed by atoms with E-state index in [1.54, 1.807) is 41.5 Å². The van der Waals surface area contributed by atoms with E-state index < -0.39 is 52.1 Å². The van der Waals surface area contributed by atoms with Gasteiger partial charge >= 0.3 is 18.1 Å². The molecule has 2 amide bonds. The first-order valence-electron chi connectivity index (χ1n) is 12.0. The number of hydrogen-bond donors (Lipinski definition) is 0. The molecule has 0 saturated carbocycles. The molecule has 0 bridgehead atoms. The van der Waals surface area contributed by atoms with Crippen LogP contribution in [0.1, 0.15) is 64.8 Å². The number of likely N-dealkylation sites (tertiary alicyclic amines) is 2. The first-order chi connectivity index (χ1) is 17.4. The predicted octanol–water partition coefficient (Wildman–Crippen LogP) is 6.09. The summed E-state index contributed by atoms with van der Waals surface area (Å²) in [6.07, 6.45) is -1.06. The van der Waals surface area contributed by atoms with Crippen molar-refractivity contribution in [2.24, 2.45) is 5.41 Å². The number of nitrogens with zero attached hydrogens (tertiary/aromatic N) is 4. The molecule has 2 saturated heterocycles. The van der Waals surface area contributed by atoms with Crippen LogP contribution in [-0.4, -0.2) is 69.6 Å². The zero-order valence-corrected chi connectivity index (χ0v) is 23.5. The zero-order chi connectivity index (χ0) is 28.3. The Morgan fingerprint density at radius 1 is 0.947 bits per heavy atom. The summed E-state index contributed by atoms with van der Waals surface area (Å²) in [7, 11) is 0. The van der Waals surface area contributed by atoms with Crippen molar-refractivity contribution in [1.29, 1.82) is 0 Å². The fourth-order valence-corrected chi connectivity index (χ4v) is 4.88. The van der Waals surface area contributed by atoms with Crippen LogP contribution in [0.3, 0.4) is 0 Å². The molecule has 2 fully saturated rings. The van der Waals surface area contributed by atoms with E-state index in [-0.39, 0.29) is 42.1 Å². The largest absolute Gasteiger partial charge is 0.444 e. The number of halogens is 4. The second-order valence-corrected chi connectivity index (χ2v) is 12.6. The summed E-state index contributed by atoms with van der Waals surface area (Å²) in [5, 5.41) is 7.66. The lowest BCUT2D eigenvalue weighted by atomic mass is 9.71. The number of ether oxygens (including phenoxy) is 2. The van der Waals surface area contributed by atoms with Crippen LogP contribution < -0.4 is 0 Å². The number of alkyl halides is 2. The first-order valence-corrected chi connectivity index (χ1v) is 12.8. The van der Waals surface area contributed by atoms with Crippen molar-refractivity contribution in [3.8, 4) is 0 Å². The summed E-state index contributed by atoms with van der Waals surface area (Å²) in [6, 6.07) is 3.43. The highest BCUT2D eigenvalue weighted by molar-refractivity contribution is 6.42. The molecule has 13 heteroatoms. The van der Waals surface area contributed by atoms with Gasteiger partial charge in [-0.05, 0) is 53.7 Å². The highest BCUT2D eigenvalue weighted by Crippen LogP contribution is 2.50. The van der Waals surface area contributed by atoms with E-state index in [4.69, 9.17) is 37.1 Å². The third kappa shape index (κ3) is 5.68. The lowest BCUT2D eigenvalue weighted by Crippen LogP contribution is -2.62. The molecule has 208 valence electrons. The molecule has 2 aromatic rings. The number of carbonyl (C=O) groups is 2. The van der Waals surface area contributed by atoms with Gasteiger partial charge in [0.25, 0.3) is 5.89 Å². The van der Waals surface area contributed by atoms with Crippen molar-refractivity contribution in [3.05, 3.63) is 45.6 Å². The zero-order valence-electron chi connectivity index (χ0n) is 22.0. The van der Waals surface area contributed by atoms with E-state index >= 15 is 8.78 Å². The highest BCUT2D eigenvalue weighted by Gasteiger charge is 2.60. The molecule has 0 radical (unpaired) electrons. The minimum absolute atomic E-state index is 0.0389. The van der Waals surface area contributed by atoms with Gasteiger partial charge in [0.1, 0.15) is 11.2 Å². The quantitative estimate of drug-likeness (QED) is 0.437. The molecular weight excluding hydrogens is 545 g/mol. The first kappa shape index (κ1) is 28.4. The molecule has 38 heavy (non-hydrogen) atoms. The van der Waals surface area contributed by atoms with Crippen molar-refractivity contribution < 1.29 is 32.3 Å². The van der Waals surface area contributed by atoms with Gasteiger partial charge in [-0.15, -0.1) is 10.2 Å². The minimum Gasteiger partial charge on any atom is -0.444 e. The van der Waals surface area contributed by atoms with Crippen LogP contribution in [0.2, 0.25) is 10.0 Å². The van der Waals surface area contributed by atoms with E-state index in [0.29, 0.717) is 0 Å². The molecule has 2 aliphatic rings. The lowest BCUT2D eigenvalue weighted by molar-refractivity contribution is -0.0395. The normalized spacial score (nSPS) is 19.5. The number of benzene rings is 1. The van der Waals surface area contributed by atoms with Crippen molar-refractivity contribution in [2.75, 3.05) is 26.2 Å². The molecule has 0 N–H and O–H groups in total. The molecule has 2 aliphatic heterocycles. The van der Waals surface area contributed by atoms with Crippen LogP contribution in [0.5, 0.6) is 0 Å². The molecule has 1 aromatic heterocycles. The van der Waals surface area contributed by atoms with Crippen LogP contribution in [0.4, 0.5) is 18.4 Å². The fourth-order valence-electron chi connectivity index (χ4n) is 4.58. The molecule has 0 aliphatic carbocycles. The summed E-state index contributed by atoms with van der Waals surface area (Å²) in [6.45, 7) is 11.3. The van der Waals surface area contributed by atoms with Crippen LogP contribution in [0.15, 0.2) is 22.6 Å². The maximum absolute atomic E-state index is 15.3. The number of carbonyl (C=O) groups excluding carboxylic acids is 2. The molecule has 4 rings (SSSR count). The van der Waals surface area contributed by atoms with E-state index in [2.05, 4.69) is 10.2 Å². The lowest BCUT2D eigenvalue weighted by Gasteiger charge is -2.49. The average molecular weight is 575 g/mol. The summed E-state index contributed by atoms with van der Waals surface area (Å²) < 4.78 is 47.0. The average Bonchev–Trinajstić information content (AvgIpc) is 3.37. The van der Waals surface area contributed by atoms with Gasteiger partial charge in [-0.3, -0.25) is 0 Å². The summed E-state index contributed by atoms with van der Waals surface area (Å²) in [4.78, 5) is 28.4. The molecule has 1 spiro atoms. The van der Waals surface area contributed by atoms with Crippen LogP contribution >= 0.6 is 23.2 Å². The monoisotopic (exact) mass is 574 g/mol. The summed E-state index contributed by atoms with van der Waals surface area (Å²) in [5.41, 5.74) is -2.58. The maximum Gasteiger partial charge on any atom is 0.410 e. The van der Waals surface area contributed by atoms with Crippen molar-refractivity contribution >= 4 is 35.4 Å². The molecule has 1 aromatic carbocycles. The van der Waals surface area contributed by atoms with Gasteiger partial charge in [0.15, 0.2) is 0 Å². The number of amides is 2. The Hall–Kier alpha value is -2.66. The second kappa shape index (κ2) is 9.51. The Bertz CT molecular complexity index is 1240. The number of aromatic nitrogens is 2. The molecule has 3 heterocycles. The van der Waals surface area contributed by atoms with Gasteiger partial charge < -0.3 is 23.7 Å². The third-order valence-electron chi connectivity index (χ3n) is 6.25. The Balaban J connectivity index is 1.61. The highest BCUT2D eigenvalue weighted by atomic mass is 35.5. The molecule has 9 nitrogen and oxygen atoms in total. The van der Waals surface area contributed by atoms with E-state index in [1.807, 2.05) is 0 Å². The third-order valence-corrected chi connectivity index (χ3v) is 6.99. The molecule has 1 atom stereocenters. The minimum atomic E-state index is -3.64. The predicted molar refractivity (Wildman–Crippen MR) is 135 cm³/mol. The fraction of sp³-hybridized carbons (Fsp3) is 0.600. The maximum atomic E-state index is 15.3. The van der Waals surface area contributed by atoms with Crippen LogP contribution in [-0.2, 0) is 15.4 Å². The van der Waals surface area contributed by atoms with Crippen molar-refractivity contribution in [3.63, 3.8) is 0 Å². The Kier molecular flexibility index (Phi) is 7.10. The van der Waals surface area contributed by atoms with Crippen LogP contribution in [0, 0.1) is 5.41 Å². The van der Waals surface area contributed by atoms with Gasteiger partial charge in [0.2, 0.25) is 5.89 Å². The SMILES string of the molecule is CC(C)(C)OC(=O)N1CC(c2nnc(C(F)(F)c3ccc(Cl)c(Cl)c3)o2)C2(C1)CN(C(=O)OC(C)(C)C)C2. The van der Waals surface area contributed by atoms with Gasteiger partial charge in [-0.25, -0.2) is 9.59 Å². The van der Waals surface area contributed by atoms with E-state index in [9.17, 15) is 9.59 Å².